The summed E-state index contributed by atoms with van der Waals surface area (Å²) in [5.74, 6) is -0.535. The maximum atomic E-state index is 11.1. The summed E-state index contributed by atoms with van der Waals surface area (Å²) < 4.78 is 5.86. The number of hydrogen-bond donors (Lipinski definition) is 1. The first-order valence-electron chi connectivity index (χ1n) is 9.54. The van der Waals surface area contributed by atoms with Crippen molar-refractivity contribution in [3.63, 3.8) is 0 Å². The Morgan fingerprint density at radius 2 is 1.92 bits per heavy atom. The molecule has 0 fully saturated rings. The minimum Gasteiger partial charge on any atom is -0.477 e. The van der Waals surface area contributed by atoms with Gasteiger partial charge in [-0.2, -0.15) is 5.26 Å². The molecule has 5 nitrogen and oxygen atoms in total. The van der Waals surface area contributed by atoms with Gasteiger partial charge in [0.15, 0.2) is 0 Å². The highest BCUT2D eigenvalue weighted by atomic mass is 16.5. The van der Waals surface area contributed by atoms with Crippen molar-refractivity contribution < 1.29 is 14.6 Å². The van der Waals surface area contributed by atoms with Crippen LogP contribution < -0.4 is 0 Å². The molecule has 1 aliphatic heterocycles. The van der Waals surface area contributed by atoms with E-state index in [4.69, 9.17) is 15.1 Å². The first kappa shape index (κ1) is 22.0. The maximum absolute atomic E-state index is 11.1. The van der Waals surface area contributed by atoms with Crippen LogP contribution in [0.25, 0.3) is 0 Å². The number of rotatable bonds is 11. The van der Waals surface area contributed by atoms with Gasteiger partial charge in [-0.1, -0.05) is 33.1 Å². The van der Waals surface area contributed by atoms with Crippen LogP contribution in [0.4, 0.5) is 0 Å². The first-order valence-corrected chi connectivity index (χ1v) is 9.54. The molecule has 0 amide bonds. The number of ether oxygens (including phenoxy) is 1. The fourth-order valence-electron chi connectivity index (χ4n) is 3.13. The summed E-state index contributed by atoms with van der Waals surface area (Å²) in [5.41, 5.74) is 2.14. The number of nitrogens with zero attached hydrogens (tertiary/aromatic N) is 2. The van der Waals surface area contributed by atoms with Crippen molar-refractivity contribution in [3.8, 4) is 6.07 Å². The Bertz CT molecular complexity index is 589. The lowest BCUT2D eigenvalue weighted by Gasteiger charge is -2.30. The Morgan fingerprint density at radius 1 is 1.27 bits per heavy atom. The summed E-state index contributed by atoms with van der Waals surface area (Å²) >= 11 is 0. The number of carboxylic acid groups (broad SMARTS) is 1. The Balaban J connectivity index is 2.51. The molecule has 0 aromatic carbocycles. The molecule has 0 radical (unpaired) electrons. The molecular formula is C21H32N2O3. The molecule has 1 rings (SSSR count). The number of aliphatic carboxylic acids is 1. The molecule has 1 aliphatic rings. The number of carboxylic acids is 1. The lowest BCUT2D eigenvalue weighted by Crippen LogP contribution is -2.25. The van der Waals surface area contributed by atoms with Crippen molar-refractivity contribution in [1.29, 1.82) is 5.26 Å². The second-order valence-corrected chi connectivity index (χ2v) is 6.82. The van der Waals surface area contributed by atoms with Crippen LogP contribution in [0.3, 0.4) is 0 Å². The van der Waals surface area contributed by atoms with Crippen LogP contribution in [-0.4, -0.2) is 35.7 Å². The van der Waals surface area contributed by atoms with Gasteiger partial charge in [0.25, 0.3) is 0 Å². The normalized spacial score (nSPS) is 15.2. The lowest BCUT2D eigenvalue weighted by atomic mass is 10.0. The number of nitriles is 1. The molecule has 5 heteroatoms. The number of allylic oxidation sites excluding steroid dienone is 5. The van der Waals surface area contributed by atoms with Gasteiger partial charge in [-0.05, 0) is 44.8 Å². The minimum atomic E-state index is -1.19. The van der Waals surface area contributed by atoms with Gasteiger partial charge in [0.1, 0.15) is 11.6 Å². The molecule has 0 bridgehead atoms. The Hall–Kier alpha value is -2.06. The molecule has 0 saturated carbocycles. The average molecular weight is 360 g/mol. The van der Waals surface area contributed by atoms with Gasteiger partial charge in [0, 0.05) is 36.7 Å². The van der Waals surface area contributed by atoms with Gasteiger partial charge in [-0.25, -0.2) is 4.79 Å². The van der Waals surface area contributed by atoms with Gasteiger partial charge in [0.2, 0.25) is 0 Å². The highest BCUT2D eigenvalue weighted by Gasteiger charge is 2.18. The fourth-order valence-corrected chi connectivity index (χ4v) is 3.13. The van der Waals surface area contributed by atoms with Crippen LogP contribution >= 0.6 is 0 Å². The third-order valence-electron chi connectivity index (χ3n) is 4.76. The molecule has 0 saturated heterocycles. The largest absolute Gasteiger partial charge is 0.477 e. The van der Waals surface area contributed by atoms with E-state index < -0.39 is 5.97 Å². The second-order valence-electron chi connectivity index (χ2n) is 6.82. The SMILES string of the molecule is CCCCC(CC)COCCCN1C(C)=CC(=C(C#N)C(=O)O)C=C1C. The predicted molar refractivity (Wildman–Crippen MR) is 103 cm³/mol. The van der Waals surface area contributed by atoms with Gasteiger partial charge in [0.05, 0.1) is 0 Å². The number of hydrogen-bond acceptors (Lipinski definition) is 4. The summed E-state index contributed by atoms with van der Waals surface area (Å²) in [7, 11) is 0. The Labute approximate surface area is 157 Å². The Morgan fingerprint density at radius 3 is 2.42 bits per heavy atom. The van der Waals surface area contributed by atoms with E-state index in [-0.39, 0.29) is 5.57 Å². The zero-order valence-electron chi connectivity index (χ0n) is 16.5. The van der Waals surface area contributed by atoms with Crippen LogP contribution in [0.5, 0.6) is 0 Å². The van der Waals surface area contributed by atoms with Crippen LogP contribution in [0.15, 0.2) is 34.7 Å². The summed E-state index contributed by atoms with van der Waals surface area (Å²) in [5, 5.41) is 18.1. The molecule has 1 unspecified atom stereocenters. The maximum Gasteiger partial charge on any atom is 0.347 e. The Kier molecular flexibility index (Phi) is 9.75. The van der Waals surface area contributed by atoms with E-state index in [1.165, 1.54) is 19.3 Å². The first-order chi connectivity index (χ1) is 12.4. The third-order valence-corrected chi connectivity index (χ3v) is 4.76. The van der Waals surface area contributed by atoms with Crippen molar-refractivity contribution in [2.45, 2.75) is 59.8 Å². The topological polar surface area (TPSA) is 73.6 Å². The molecule has 0 aromatic rings. The number of unbranched alkanes of at least 4 members (excludes halogenated alkanes) is 1. The van der Waals surface area contributed by atoms with Gasteiger partial charge in [-0.15, -0.1) is 0 Å². The molecule has 144 valence electrons. The molecule has 1 atom stereocenters. The highest BCUT2D eigenvalue weighted by molar-refractivity contribution is 5.93. The second kappa shape index (κ2) is 11.5. The molecule has 0 aliphatic carbocycles. The summed E-state index contributed by atoms with van der Waals surface area (Å²) in [6.45, 7) is 10.7. The average Bonchev–Trinajstić information content (AvgIpc) is 2.59. The monoisotopic (exact) mass is 360 g/mol. The van der Waals surface area contributed by atoms with Gasteiger partial charge >= 0.3 is 5.97 Å². The van der Waals surface area contributed by atoms with E-state index in [0.29, 0.717) is 11.5 Å². The molecule has 26 heavy (non-hydrogen) atoms. The number of carbonyl (C=O) groups is 1. The highest BCUT2D eigenvalue weighted by Crippen LogP contribution is 2.25. The van der Waals surface area contributed by atoms with E-state index in [0.717, 1.165) is 44.0 Å². The summed E-state index contributed by atoms with van der Waals surface area (Å²) in [6, 6.07) is 1.77. The lowest BCUT2D eigenvalue weighted by molar-refractivity contribution is -0.132. The minimum absolute atomic E-state index is 0.218. The van der Waals surface area contributed by atoms with E-state index in [1.807, 2.05) is 13.8 Å². The van der Waals surface area contributed by atoms with Gasteiger partial charge in [-0.3, -0.25) is 0 Å². The smallest absolute Gasteiger partial charge is 0.347 e. The van der Waals surface area contributed by atoms with Crippen LogP contribution in [0, 0.1) is 17.2 Å². The van der Waals surface area contributed by atoms with Crippen molar-refractivity contribution >= 4 is 5.97 Å². The van der Waals surface area contributed by atoms with Crippen LogP contribution in [0.1, 0.15) is 59.8 Å². The van der Waals surface area contributed by atoms with E-state index in [2.05, 4.69) is 18.7 Å². The van der Waals surface area contributed by atoms with Crippen LogP contribution in [0.2, 0.25) is 0 Å². The fraction of sp³-hybridized carbons (Fsp3) is 0.619. The van der Waals surface area contributed by atoms with Crippen molar-refractivity contribution in [2.24, 2.45) is 5.92 Å². The van der Waals surface area contributed by atoms with E-state index in [9.17, 15) is 4.79 Å². The van der Waals surface area contributed by atoms with Crippen molar-refractivity contribution in [3.05, 3.63) is 34.7 Å². The predicted octanol–water partition coefficient (Wildman–Crippen LogP) is 4.64. The third kappa shape index (κ3) is 6.68. The molecule has 0 spiro atoms. The van der Waals surface area contributed by atoms with Crippen molar-refractivity contribution in [2.75, 3.05) is 19.8 Å². The van der Waals surface area contributed by atoms with Crippen molar-refractivity contribution in [1.82, 2.24) is 4.90 Å². The molecular weight excluding hydrogens is 328 g/mol. The zero-order valence-corrected chi connectivity index (χ0v) is 16.5. The van der Waals surface area contributed by atoms with E-state index >= 15 is 0 Å². The molecule has 1 N–H and O–H groups in total. The molecule has 0 aromatic heterocycles. The zero-order chi connectivity index (χ0) is 19.5. The van der Waals surface area contributed by atoms with Crippen LogP contribution in [-0.2, 0) is 9.53 Å². The molecule has 1 heterocycles. The standard InChI is InChI=1S/C21H32N2O3/c1-5-7-9-18(6-2)15-26-11-8-10-23-16(3)12-19(13-17(23)4)20(14-22)21(24)25/h12-13,18H,5-11,15H2,1-4H3,(H,24,25). The van der Waals surface area contributed by atoms with Gasteiger partial charge < -0.3 is 14.7 Å². The van der Waals surface area contributed by atoms with E-state index in [1.54, 1.807) is 18.2 Å². The quantitative estimate of drug-likeness (QED) is 0.330. The summed E-state index contributed by atoms with van der Waals surface area (Å²) in [6.07, 6.45) is 9.33. The summed E-state index contributed by atoms with van der Waals surface area (Å²) in [4.78, 5) is 13.3.